The molecule has 218 valence electrons. The van der Waals surface area contributed by atoms with Gasteiger partial charge in [-0.2, -0.15) is 0 Å². The number of nitrogens with one attached hydrogen (secondary N) is 2. The number of aromatic nitrogens is 3. The molecule has 4 heterocycles. The molecule has 9 nitrogen and oxygen atoms in total. The van der Waals surface area contributed by atoms with Gasteiger partial charge in [-0.1, -0.05) is 30.3 Å². The van der Waals surface area contributed by atoms with Crippen LogP contribution < -0.4 is 20.3 Å². The van der Waals surface area contributed by atoms with Crippen LogP contribution in [0.3, 0.4) is 0 Å². The van der Waals surface area contributed by atoms with Crippen LogP contribution in [0.1, 0.15) is 5.69 Å². The number of thiophene rings is 1. The lowest BCUT2D eigenvalue weighted by molar-refractivity contribution is -0.111. The lowest BCUT2D eigenvalue weighted by Gasteiger charge is -2.35. The van der Waals surface area contributed by atoms with Crippen molar-refractivity contribution in [1.29, 1.82) is 0 Å². The molecule has 6 rings (SSSR count). The topological polar surface area (TPSA) is 95.5 Å². The summed E-state index contributed by atoms with van der Waals surface area (Å²) in [5.41, 5.74) is 5.15. The number of hydrogen-bond donors (Lipinski definition) is 2. The zero-order valence-corrected chi connectivity index (χ0v) is 25.2. The Bertz CT molecular complexity index is 1770. The molecule has 2 N–H and O–H groups in total. The number of halogens is 1. The van der Waals surface area contributed by atoms with Gasteiger partial charge in [0.2, 0.25) is 5.91 Å². The zero-order chi connectivity index (χ0) is 29.8. The average molecular weight is 612 g/mol. The van der Waals surface area contributed by atoms with Gasteiger partial charge in [0, 0.05) is 42.9 Å². The minimum atomic E-state index is -0.243. The molecule has 0 spiro atoms. The highest BCUT2D eigenvalue weighted by Crippen LogP contribution is 2.40. The molecule has 1 aliphatic rings. The standard InChI is InChI=1S/C32H30ClN7O2S/c1-3-30(41)38-25-16-21(7-9-27(25)40-14-12-39(2)13-15-40)29-18-26-31(43-29)32(36-20-35-26)37-22-8-10-28(24(33)17-22)42-19-23-6-4-5-11-34-23/h3-11,16-18,20H,1,12-15,19H2,2H3,(H,38,41)(H,35,36,37). The van der Waals surface area contributed by atoms with Crippen molar-refractivity contribution in [1.82, 2.24) is 19.9 Å². The number of hydrogen-bond acceptors (Lipinski definition) is 9. The molecule has 0 bridgehead atoms. The molecule has 1 aliphatic heterocycles. The van der Waals surface area contributed by atoms with Crippen LogP contribution in [0.2, 0.25) is 5.02 Å². The fraction of sp³-hybridized carbons (Fsp3) is 0.188. The molecule has 5 aromatic rings. The molecule has 0 atom stereocenters. The monoisotopic (exact) mass is 611 g/mol. The molecular weight excluding hydrogens is 582 g/mol. The van der Waals surface area contributed by atoms with Crippen LogP contribution >= 0.6 is 22.9 Å². The SMILES string of the molecule is C=CC(=O)Nc1cc(-c2cc3ncnc(Nc4ccc(OCc5ccccn5)c(Cl)c4)c3s2)ccc1N1CCN(C)CC1. The number of nitrogens with zero attached hydrogens (tertiary/aromatic N) is 5. The van der Waals surface area contributed by atoms with Gasteiger partial charge >= 0.3 is 0 Å². The number of fused-ring (bicyclic) bond motifs is 1. The van der Waals surface area contributed by atoms with Crippen LogP contribution in [-0.2, 0) is 11.4 Å². The summed E-state index contributed by atoms with van der Waals surface area (Å²) in [5, 5.41) is 6.87. The van der Waals surface area contributed by atoms with Crippen LogP contribution in [0.25, 0.3) is 20.7 Å². The summed E-state index contributed by atoms with van der Waals surface area (Å²) in [6.45, 7) is 7.66. The molecule has 0 radical (unpaired) electrons. The van der Waals surface area contributed by atoms with Gasteiger partial charge in [0.1, 0.15) is 18.7 Å². The van der Waals surface area contributed by atoms with Crippen molar-refractivity contribution < 1.29 is 9.53 Å². The van der Waals surface area contributed by atoms with Crippen LogP contribution in [-0.4, -0.2) is 59.0 Å². The van der Waals surface area contributed by atoms with Gasteiger partial charge in [0.15, 0.2) is 5.82 Å². The summed E-state index contributed by atoms with van der Waals surface area (Å²) in [6.07, 6.45) is 4.56. The predicted octanol–water partition coefficient (Wildman–Crippen LogP) is 6.61. The number of rotatable bonds is 9. The van der Waals surface area contributed by atoms with E-state index in [2.05, 4.69) is 61.1 Å². The molecule has 1 saturated heterocycles. The van der Waals surface area contributed by atoms with E-state index < -0.39 is 0 Å². The second-order valence-corrected chi connectivity index (χ2v) is 11.6. The smallest absolute Gasteiger partial charge is 0.247 e. The Hall–Kier alpha value is -4.51. The van der Waals surface area contributed by atoms with Gasteiger partial charge in [-0.3, -0.25) is 9.78 Å². The lowest BCUT2D eigenvalue weighted by Crippen LogP contribution is -2.44. The predicted molar refractivity (Wildman–Crippen MR) is 175 cm³/mol. The van der Waals surface area contributed by atoms with E-state index in [9.17, 15) is 4.79 Å². The van der Waals surface area contributed by atoms with Crippen molar-refractivity contribution in [2.75, 3.05) is 48.8 Å². The first-order valence-electron chi connectivity index (χ1n) is 13.8. The van der Waals surface area contributed by atoms with Crippen molar-refractivity contribution in [3.63, 3.8) is 0 Å². The highest BCUT2D eigenvalue weighted by molar-refractivity contribution is 7.22. The van der Waals surface area contributed by atoms with E-state index >= 15 is 0 Å². The normalized spacial score (nSPS) is 13.6. The van der Waals surface area contributed by atoms with Gasteiger partial charge in [0.05, 0.1) is 32.3 Å². The molecule has 11 heteroatoms. The molecule has 1 fully saturated rings. The van der Waals surface area contributed by atoms with Crippen LogP contribution in [0.4, 0.5) is 22.9 Å². The Morgan fingerprint density at radius 3 is 2.70 bits per heavy atom. The van der Waals surface area contributed by atoms with Gasteiger partial charge in [0.25, 0.3) is 0 Å². The van der Waals surface area contributed by atoms with E-state index in [0.717, 1.165) is 69.6 Å². The third-order valence-electron chi connectivity index (χ3n) is 7.18. The number of pyridine rings is 1. The number of ether oxygens (including phenoxy) is 1. The number of anilines is 4. The number of benzene rings is 2. The van der Waals surface area contributed by atoms with E-state index in [4.69, 9.17) is 16.3 Å². The highest BCUT2D eigenvalue weighted by atomic mass is 35.5. The molecule has 2 aromatic carbocycles. The summed E-state index contributed by atoms with van der Waals surface area (Å²) in [6, 6.07) is 19.4. The van der Waals surface area contributed by atoms with E-state index in [-0.39, 0.29) is 5.91 Å². The van der Waals surface area contributed by atoms with Crippen molar-refractivity contribution in [2.45, 2.75) is 6.61 Å². The van der Waals surface area contributed by atoms with Gasteiger partial charge in [-0.05, 0) is 67.2 Å². The molecule has 0 saturated carbocycles. The first-order chi connectivity index (χ1) is 21.0. The Kier molecular flexibility index (Phi) is 8.50. The summed E-state index contributed by atoms with van der Waals surface area (Å²) >= 11 is 8.12. The average Bonchev–Trinajstić information content (AvgIpc) is 3.47. The quantitative estimate of drug-likeness (QED) is 0.180. The van der Waals surface area contributed by atoms with Crippen LogP contribution in [0, 0.1) is 0 Å². The third-order valence-corrected chi connectivity index (χ3v) is 8.65. The fourth-order valence-corrected chi connectivity index (χ4v) is 6.14. The van der Waals surface area contributed by atoms with Crippen molar-refractivity contribution in [3.05, 3.63) is 96.6 Å². The van der Waals surface area contributed by atoms with Crippen molar-refractivity contribution >= 4 is 61.9 Å². The van der Waals surface area contributed by atoms with Crippen molar-refractivity contribution in [3.8, 4) is 16.2 Å². The van der Waals surface area contributed by atoms with E-state index in [1.54, 1.807) is 23.9 Å². The Morgan fingerprint density at radius 1 is 1.07 bits per heavy atom. The summed E-state index contributed by atoms with van der Waals surface area (Å²) in [4.78, 5) is 31.2. The van der Waals surface area contributed by atoms with E-state index in [0.29, 0.717) is 23.2 Å². The summed E-state index contributed by atoms with van der Waals surface area (Å²) in [7, 11) is 2.12. The van der Waals surface area contributed by atoms with Gasteiger partial charge in [-0.25, -0.2) is 9.97 Å². The van der Waals surface area contributed by atoms with Crippen molar-refractivity contribution in [2.24, 2.45) is 0 Å². The van der Waals surface area contributed by atoms with E-state index in [1.165, 1.54) is 6.08 Å². The maximum absolute atomic E-state index is 12.3. The van der Waals surface area contributed by atoms with Gasteiger partial charge in [-0.15, -0.1) is 11.3 Å². The first-order valence-corrected chi connectivity index (χ1v) is 15.0. The Balaban J connectivity index is 1.24. The van der Waals surface area contributed by atoms with Crippen LogP contribution in [0.5, 0.6) is 5.75 Å². The minimum Gasteiger partial charge on any atom is -0.486 e. The third kappa shape index (κ3) is 6.61. The molecular formula is C32H30ClN7O2S. The molecule has 1 amide bonds. The molecule has 0 unspecified atom stereocenters. The Labute approximate surface area is 258 Å². The number of likely N-dealkylation sites (N-methyl/N-ethyl adjacent to an activating group) is 1. The van der Waals surface area contributed by atoms with Crippen LogP contribution in [0.15, 0.2) is 85.8 Å². The first kappa shape index (κ1) is 28.6. The fourth-order valence-electron chi connectivity index (χ4n) is 4.85. The second-order valence-electron chi connectivity index (χ2n) is 10.1. The second kappa shape index (κ2) is 12.8. The number of carbonyl (C=O) groups is 1. The maximum atomic E-state index is 12.3. The lowest BCUT2D eigenvalue weighted by atomic mass is 10.1. The maximum Gasteiger partial charge on any atom is 0.247 e. The molecule has 43 heavy (non-hydrogen) atoms. The number of piperazine rings is 1. The minimum absolute atomic E-state index is 0.243. The molecule has 0 aliphatic carbocycles. The summed E-state index contributed by atoms with van der Waals surface area (Å²) in [5.74, 6) is 1.00. The molecule has 3 aromatic heterocycles. The highest BCUT2D eigenvalue weighted by Gasteiger charge is 2.19. The number of carbonyl (C=O) groups excluding carboxylic acids is 1. The number of amides is 1. The zero-order valence-electron chi connectivity index (χ0n) is 23.6. The van der Waals surface area contributed by atoms with E-state index in [1.807, 2.05) is 48.5 Å². The summed E-state index contributed by atoms with van der Waals surface area (Å²) < 4.78 is 6.77. The van der Waals surface area contributed by atoms with Gasteiger partial charge < -0.3 is 25.2 Å². The Morgan fingerprint density at radius 2 is 1.93 bits per heavy atom. The largest absolute Gasteiger partial charge is 0.486 e.